The van der Waals surface area contributed by atoms with Crippen LogP contribution in [0.4, 0.5) is 0 Å². The number of carbonyl (C=O) groups excluding carboxylic acids is 2. The molecule has 0 heterocycles. The van der Waals surface area contributed by atoms with Crippen molar-refractivity contribution in [2.45, 2.75) is 90.4 Å². The average molecular weight is 266 g/mol. The summed E-state index contributed by atoms with van der Waals surface area (Å²) in [5.41, 5.74) is 0. The fourth-order valence-corrected chi connectivity index (χ4v) is 3.02. The van der Waals surface area contributed by atoms with E-state index in [1.807, 2.05) is 0 Å². The van der Waals surface area contributed by atoms with E-state index in [9.17, 15) is 9.59 Å². The lowest BCUT2D eigenvalue weighted by atomic mass is 9.85. The van der Waals surface area contributed by atoms with Crippen LogP contribution in [0.1, 0.15) is 90.4 Å². The van der Waals surface area contributed by atoms with Gasteiger partial charge >= 0.3 is 0 Å². The molecular weight excluding hydrogens is 236 g/mol. The molecule has 0 unspecified atom stereocenters. The molecule has 0 saturated heterocycles. The summed E-state index contributed by atoms with van der Waals surface area (Å²) in [5, 5.41) is 0. The van der Waals surface area contributed by atoms with E-state index in [1.165, 1.54) is 32.1 Å². The van der Waals surface area contributed by atoms with Gasteiger partial charge in [0.05, 0.1) is 0 Å². The maximum Gasteiger partial charge on any atom is 0.132 e. The van der Waals surface area contributed by atoms with Gasteiger partial charge in [0.1, 0.15) is 11.6 Å². The topological polar surface area (TPSA) is 34.1 Å². The Morgan fingerprint density at radius 1 is 0.842 bits per heavy atom. The molecule has 1 fully saturated rings. The summed E-state index contributed by atoms with van der Waals surface area (Å²) in [6.45, 7) is 1.65. The van der Waals surface area contributed by atoms with E-state index in [0.29, 0.717) is 12.2 Å². The van der Waals surface area contributed by atoms with Crippen LogP contribution in [0.3, 0.4) is 0 Å². The molecule has 0 aliphatic heterocycles. The van der Waals surface area contributed by atoms with Crippen LogP contribution in [0.15, 0.2) is 0 Å². The highest BCUT2D eigenvalue weighted by Gasteiger charge is 2.14. The van der Waals surface area contributed by atoms with Gasteiger partial charge < -0.3 is 4.79 Å². The zero-order chi connectivity index (χ0) is 13.9. The summed E-state index contributed by atoms with van der Waals surface area (Å²) in [4.78, 5) is 22.5. The lowest BCUT2D eigenvalue weighted by Crippen LogP contribution is -2.08. The molecule has 0 aromatic heterocycles. The van der Waals surface area contributed by atoms with Gasteiger partial charge in [-0.05, 0) is 32.1 Å². The predicted molar refractivity (Wildman–Crippen MR) is 79.2 cm³/mol. The minimum atomic E-state index is 0.281. The summed E-state index contributed by atoms with van der Waals surface area (Å²) < 4.78 is 0. The standard InChI is InChI=1S/C17H30O2/c1-15(18)9-5-2-3-8-12-17(19)14-13-16-10-6-4-7-11-16/h16H,2-14H2,1H3. The maximum absolute atomic E-state index is 11.8. The van der Waals surface area contributed by atoms with E-state index in [1.54, 1.807) is 6.92 Å². The highest BCUT2D eigenvalue weighted by molar-refractivity contribution is 5.78. The van der Waals surface area contributed by atoms with E-state index in [2.05, 4.69) is 0 Å². The minimum absolute atomic E-state index is 0.281. The van der Waals surface area contributed by atoms with Crippen molar-refractivity contribution in [1.29, 1.82) is 0 Å². The third-order valence-corrected chi connectivity index (χ3v) is 4.29. The third kappa shape index (κ3) is 8.96. The van der Waals surface area contributed by atoms with Gasteiger partial charge in [-0.1, -0.05) is 44.9 Å². The van der Waals surface area contributed by atoms with Gasteiger partial charge in [0, 0.05) is 19.3 Å². The predicted octanol–water partition coefficient (Wildman–Crippen LogP) is 4.85. The Labute approximate surface area is 118 Å². The number of hydrogen-bond acceptors (Lipinski definition) is 2. The van der Waals surface area contributed by atoms with Gasteiger partial charge in [-0.15, -0.1) is 0 Å². The summed E-state index contributed by atoms with van der Waals surface area (Å²) >= 11 is 0. The number of ketones is 2. The van der Waals surface area contributed by atoms with Crippen molar-refractivity contribution in [1.82, 2.24) is 0 Å². The second-order valence-corrected chi connectivity index (χ2v) is 6.20. The van der Waals surface area contributed by atoms with E-state index in [0.717, 1.165) is 50.9 Å². The van der Waals surface area contributed by atoms with E-state index in [4.69, 9.17) is 0 Å². The zero-order valence-electron chi connectivity index (χ0n) is 12.6. The Hall–Kier alpha value is -0.660. The molecule has 0 spiro atoms. The second-order valence-electron chi connectivity index (χ2n) is 6.20. The first-order valence-corrected chi connectivity index (χ1v) is 8.19. The van der Waals surface area contributed by atoms with Crippen LogP contribution in [-0.2, 0) is 9.59 Å². The number of rotatable bonds is 10. The Kier molecular flexibility index (Phi) is 8.77. The molecule has 0 aromatic carbocycles. The normalized spacial score (nSPS) is 16.5. The Balaban J connectivity index is 1.91. The fourth-order valence-electron chi connectivity index (χ4n) is 3.02. The largest absolute Gasteiger partial charge is 0.300 e. The highest BCUT2D eigenvalue weighted by atomic mass is 16.1. The molecule has 1 aliphatic rings. The van der Waals surface area contributed by atoms with Gasteiger partial charge in [0.25, 0.3) is 0 Å². The van der Waals surface area contributed by atoms with Crippen LogP contribution >= 0.6 is 0 Å². The fraction of sp³-hybridized carbons (Fsp3) is 0.882. The summed E-state index contributed by atoms with van der Waals surface area (Å²) in [7, 11) is 0. The molecular formula is C17H30O2. The third-order valence-electron chi connectivity index (χ3n) is 4.29. The molecule has 0 radical (unpaired) electrons. The van der Waals surface area contributed by atoms with Crippen LogP contribution < -0.4 is 0 Å². The monoisotopic (exact) mass is 266 g/mol. The van der Waals surface area contributed by atoms with E-state index in [-0.39, 0.29) is 5.78 Å². The molecule has 0 aromatic rings. The number of Topliss-reactive ketones (excluding diaryl/α,β-unsaturated/α-hetero) is 2. The van der Waals surface area contributed by atoms with Gasteiger partial charge in [-0.3, -0.25) is 4.79 Å². The van der Waals surface area contributed by atoms with Crippen molar-refractivity contribution in [3.63, 3.8) is 0 Å². The van der Waals surface area contributed by atoms with Gasteiger partial charge in [0.2, 0.25) is 0 Å². The molecule has 110 valence electrons. The number of unbranched alkanes of at least 4 members (excludes halogenated alkanes) is 3. The van der Waals surface area contributed by atoms with Gasteiger partial charge in [-0.25, -0.2) is 0 Å². The number of hydrogen-bond donors (Lipinski definition) is 0. The van der Waals surface area contributed by atoms with Crippen LogP contribution in [0.5, 0.6) is 0 Å². The Bertz CT molecular complexity index is 264. The molecule has 0 amide bonds. The molecule has 1 aliphatic carbocycles. The maximum atomic E-state index is 11.8. The molecule has 2 heteroatoms. The zero-order valence-corrected chi connectivity index (χ0v) is 12.6. The van der Waals surface area contributed by atoms with Crippen molar-refractivity contribution in [3.05, 3.63) is 0 Å². The molecule has 2 nitrogen and oxygen atoms in total. The summed E-state index contributed by atoms with van der Waals surface area (Å²) in [6.07, 6.45) is 14.4. The minimum Gasteiger partial charge on any atom is -0.300 e. The molecule has 1 rings (SSSR count). The Morgan fingerprint density at radius 3 is 2.11 bits per heavy atom. The Morgan fingerprint density at radius 2 is 1.47 bits per heavy atom. The smallest absolute Gasteiger partial charge is 0.132 e. The van der Waals surface area contributed by atoms with Crippen molar-refractivity contribution in [2.75, 3.05) is 0 Å². The quantitative estimate of drug-likeness (QED) is 0.530. The highest BCUT2D eigenvalue weighted by Crippen LogP contribution is 2.27. The first kappa shape index (κ1) is 16.4. The van der Waals surface area contributed by atoms with Gasteiger partial charge in [-0.2, -0.15) is 0 Å². The molecule has 0 N–H and O–H groups in total. The summed E-state index contributed by atoms with van der Waals surface area (Å²) in [5.74, 6) is 1.56. The van der Waals surface area contributed by atoms with Crippen LogP contribution in [-0.4, -0.2) is 11.6 Å². The SMILES string of the molecule is CC(=O)CCCCCCC(=O)CCC1CCCCC1. The van der Waals surface area contributed by atoms with Crippen LogP contribution in [0.25, 0.3) is 0 Å². The van der Waals surface area contributed by atoms with E-state index < -0.39 is 0 Å². The molecule has 19 heavy (non-hydrogen) atoms. The van der Waals surface area contributed by atoms with Crippen molar-refractivity contribution in [3.8, 4) is 0 Å². The van der Waals surface area contributed by atoms with Crippen LogP contribution in [0, 0.1) is 5.92 Å². The second kappa shape index (κ2) is 10.2. The molecule has 1 saturated carbocycles. The molecule has 0 bridgehead atoms. The lowest BCUT2D eigenvalue weighted by molar-refractivity contribution is -0.119. The van der Waals surface area contributed by atoms with Crippen molar-refractivity contribution >= 4 is 11.6 Å². The average Bonchev–Trinajstić information content (AvgIpc) is 2.41. The summed E-state index contributed by atoms with van der Waals surface area (Å²) in [6, 6.07) is 0. The van der Waals surface area contributed by atoms with Gasteiger partial charge in [0.15, 0.2) is 0 Å². The molecule has 0 atom stereocenters. The van der Waals surface area contributed by atoms with Crippen molar-refractivity contribution in [2.24, 2.45) is 5.92 Å². The first-order chi connectivity index (χ1) is 9.18. The first-order valence-electron chi connectivity index (χ1n) is 8.19. The number of carbonyl (C=O) groups is 2. The van der Waals surface area contributed by atoms with Crippen LogP contribution in [0.2, 0.25) is 0 Å². The van der Waals surface area contributed by atoms with E-state index >= 15 is 0 Å². The van der Waals surface area contributed by atoms with Crippen molar-refractivity contribution < 1.29 is 9.59 Å². The lowest BCUT2D eigenvalue weighted by Gasteiger charge is -2.20.